The molecule has 4 unspecified atom stereocenters. The fourth-order valence-electron chi connectivity index (χ4n) is 11.6. The van der Waals surface area contributed by atoms with E-state index in [1.807, 2.05) is 0 Å². The summed E-state index contributed by atoms with van der Waals surface area (Å²) in [4.78, 5) is 4.03. The molecule has 0 fully saturated rings. The molecule has 2 aliphatic heterocycles. The smallest absolute Gasteiger partial charge is 0.0839 e. The summed E-state index contributed by atoms with van der Waals surface area (Å²) in [6.45, 7) is 10.1. The molecule has 278 valence electrons. The lowest BCUT2D eigenvalue weighted by Crippen LogP contribution is -2.60. The summed E-state index contributed by atoms with van der Waals surface area (Å²) in [7, 11) is 0. The number of nitrogens with zero attached hydrogens (tertiary/aromatic N) is 1. The van der Waals surface area contributed by atoms with Crippen LogP contribution in [0.15, 0.2) is 204 Å². The fourth-order valence-corrected chi connectivity index (χ4v) is 13.2. The van der Waals surface area contributed by atoms with Crippen LogP contribution in [0.4, 0.5) is 11.4 Å². The number of hydrogen-bond acceptors (Lipinski definition) is 2. The molecular weight excluding hydrogens is 719 g/mol. The zero-order valence-electron chi connectivity index (χ0n) is 33.3. The van der Waals surface area contributed by atoms with Gasteiger partial charge in [-0.1, -0.05) is 146 Å². The molecule has 8 aromatic rings. The van der Waals surface area contributed by atoms with Crippen LogP contribution in [0, 0.1) is 0 Å². The molecule has 2 heterocycles. The number of rotatable bonds is 3. The van der Waals surface area contributed by atoms with E-state index >= 15 is 0 Å². The molecule has 0 bridgehead atoms. The van der Waals surface area contributed by atoms with Gasteiger partial charge in [-0.3, -0.25) is 0 Å². The van der Waals surface area contributed by atoms with Crippen LogP contribution in [0.1, 0.15) is 44.4 Å². The Balaban J connectivity index is 1.20. The van der Waals surface area contributed by atoms with Crippen LogP contribution in [0.2, 0.25) is 0 Å². The van der Waals surface area contributed by atoms with E-state index < -0.39 is 11.0 Å². The molecule has 0 saturated carbocycles. The van der Waals surface area contributed by atoms with Gasteiger partial charge in [-0.2, -0.15) is 0 Å². The molecule has 2 heteroatoms. The van der Waals surface area contributed by atoms with Gasteiger partial charge in [0.2, 0.25) is 0 Å². The summed E-state index contributed by atoms with van der Waals surface area (Å²) < 4.78 is -0.336. The third-order valence-corrected chi connectivity index (χ3v) is 15.5. The molecule has 0 spiro atoms. The van der Waals surface area contributed by atoms with Gasteiger partial charge in [0.1, 0.15) is 0 Å². The molecule has 58 heavy (non-hydrogen) atoms. The second kappa shape index (κ2) is 11.7. The Bertz CT molecular complexity index is 3150. The molecule has 0 radical (unpaired) electrons. The molecule has 4 atom stereocenters. The average molecular weight is 762 g/mol. The molecule has 2 aliphatic carbocycles. The first-order valence-electron chi connectivity index (χ1n) is 20.6. The Kier molecular flexibility index (Phi) is 6.88. The standard InChI is InChI=1S/C56H43NS/c1-53-30-31-54(2,47-33-40-20-10-11-21-42(40)43-22-12-13-23-44(43)47)52-51(53)55(3,35-48-45-32-38-18-8-9-19-39(38)34-50(45)58-56(48,52)4)57(49-25-15-14-24-46(49)53)41-28-26-37(27-29-41)36-16-6-5-7-17-36/h5-35H,1-4H3. The minimum Gasteiger partial charge on any atom is -0.328 e. The number of fused-ring (bicyclic) bond motifs is 10. The van der Waals surface area contributed by atoms with Crippen molar-refractivity contribution in [1.82, 2.24) is 0 Å². The van der Waals surface area contributed by atoms with Crippen LogP contribution < -0.4 is 4.90 Å². The van der Waals surface area contributed by atoms with Crippen molar-refractivity contribution in [2.75, 3.05) is 4.90 Å². The van der Waals surface area contributed by atoms with Crippen molar-refractivity contribution in [2.45, 2.75) is 53.7 Å². The van der Waals surface area contributed by atoms with Crippen molar-refractivity contribution < 1.29 is 0 Å². The van der Waals surface area contributed by atoms with Crippen molar-refractivity contribution in [3.05, 3.63) is 216 Å². The minimum absolute atomic E-state index is 0.336. The first-order chi connectivity index (χ1) is 28.2. The molecular formula is C56H43NS. The SMILES string of the molecule is CC12Sc3cc4ccccc4cc3C1=CC1(C)C3=C2C(C)(c2cc4ccccc4c4ccccc24)C=CC3(C)c2ccccc2N1c1ccc(-c2ccccc2)cc1. The van der Waals surface area contributed by atoms with Crippen LogP contribution >= 0.6 is 11.8 Å². The van der Waals surface area contributed by atoms with Gasteiger partial charge in [-0.15, -0.1) is 11.8 Å². The predicted molar refractivity (Wildman–Crippen MR) is 247 cm³/mol. The Morgan fingerprint density at radius 2 is 1.05 bits per heavy atom. The van der Waals surface area contributed by atoms with Crippen molar-refractivity contribution in [3.63, 3.8) is 0 Å². The largest absolute Gasteiger partial charge is 0.328 e. The summed E-state index contributed by atoms with van der Waals surface area (Å²) in [5, 5.41) is 7.80. The van der Waals surface area contributed by atoms with Crippen LogP contribution in [-0.4, -0.2) is 10.3 Å². The maximum atomic E-state index is 2.68. The van der Waals surface area contributed by atoms with Gasteiger partial charge in [-0.25, -0.2) is 0 Å². The number of hydrogen-bond donors (Lipinski definition) is 0. The number of anilines is 2. The van der Waals surface area contributed by atoms with Crippen LogP contribution in [0.25, 0.3) is 49.0 Å². The minimum atomic E-state index is -0.506. The van der Waals surface area contributed by atoms with E-state index in [9.17, 15) is 0 Å². The van der Waals surface area contributed by atoms with Gasteiger partial charge >= 0.3 is 0 Å². The van der Waals surface area contributed by atoms with E-state index in [1.54, 1.807) is 0 Å². The van der Waals surface area contributed by atoms with Crippen LogP contribution in [0.3, 0.4) is 0 Å². The Labute approximate surface area is 345 Å². The number of allylic oxidation sites excluding steroid dienone is 2. The molecule has 0 aromatic heterocycles. The predicted octanol–water partition coefficient (Wildman–Crippen LogP) is 14.8. The summed E-state index contributed by atoms with van der Waals surface area (Å²) in [5.74, 6) is 0. The first-order valence-corrected chi connectivity index (χ1v) is 21.4. The van der Waals surface area contributed by atoms with Gasteiger partial charge in [0, 0.05) is 27.1 Å². The van der Waals surface area contributed by atoms with Gasteiger partial charge in [0.15, 0.2) is 0 Å². The van der Waals surface area contributed by atoms with Gasteiger partial charge in [0.25, 0.3) is 0 Å². The van der Waals surface area contributed by atoms with Crippen molar-refractivity contribution >= 4 is 61.0 Å². The second-order valence-electron chi connectivity index (χ2n) is 17.5. The van der Waals surface area contributed by atoms with Gasteiger partial charge in [0.05, 0.1) is 10.3 Å². The lowest BCUT2D eigenvalue weighted by Gasteiger charge is -2.61. The highest BCUT2D eigenvalue weighted by molar-refractivity contribution is 8.01. The highest BCUT2D eigenvalue weighted by Crippen LogP contribution is 2.71. The quantitative estimate of drug-likeness (QED) is 0.130. The summed E-state index contributed by atoms with van der Waals surface area (Å²) in [6.07, 6.45) is 7.85. The topological polar surface area (TPSA) is 3.24 Å². The molecule has 0 amide bonds. The highest BCUT2D eigenvalue weighted by Gasteiger charge is 2.63. The zero-order chi connectivity index (χ0) is 39.0. The fraction of sp³-hybridized carbons (Fsp3) is 0.143. The van der Waals surface area contributed by atoms with Gasteiger partial charge < -0.3 is 4.90 Å². The summed E-state index contributed by atoms with van der Waals surface area (Å²) >= 11 is 2.06. The lowest BCUT2D eigenvalue weighted by molar-refractivity contribution is 0.454. The average Bonchev–Trinajstić information content (AvgIpc) is 3.54. The van der Waals surface area contributed by atoms with Crippen molar-refractivity contribution in [1.29, 1.82) is 0 Å². The van der Waals surface area contributed by atoms with E-state index in [1.165, 1.54) is 93.1 Å². The normalized spacial score (nSPS) is 25.4. The zero-order valence-corrected chi connectivity index (χ0v) is 34.1. The molecule has 0 N–H and O–H groups in total. The number of thioether (sulfide) groups is 1. The Morgan fingerprint density at radius 1 is 0.466 bits per heavy atom. The summed E-state index contributed by atoms with van der Waals surface area (Å²) in [6, 6.07) is 63.6. The second-order valence-corrected chi connectivity index (χ2v) is 18.9. The van der Waals surface area contributed by atoms with E-state index in [2.05, 4.69) is 232 Å². The third-order valence-electron chi connectivity index (χ3n) is 14.1. The van der Waals surface area contributed by atoms with Crippen LogP contribution in [-0.2, 0) is 10.8 Å². The number of benzene rings is 8. The monoisotopic (exact) mass is 761 g/mol. The van der Waals surface area contributed by atoms with E-state index in [0.717, 1.165) is 0 Å². The van der Waals surface area contributed by atoms with E-state index in [4.69, 9.17) is 0 Å². The maximum Gasteiger partial charge on any atom is 0.0839 e. The van der Waals surface area contributed by atoms with Crippen molar-refractivity contribution in [3.8, 4) is 11.1 Å². The molecule has 4 aliphatic rings. The Hall–Kier alpha value is -6.09. The maximum absolute atomic E-state index is 2.68. The summed E-state index contributed by atoms with van der Waals surface area (Å²) in [5.41, 5.74) is 12.1. The van der Waals surface area contributed by atoms with E-state index in [0.29, 0.717) is 0 Å². The van der Waals surface area contributed by atoms with Crippen molar-refractivity contribution in [2.24, 2.45) is 0 Å². The highest BCUT2D eigenvalue weighted by atomic mass is 32.2. The lowest BCUT2D eigenvalue weighted by atomic mass is 9.50. The number of para-hydroxylation sites is 1. The Morgan fingerprint density at radius 3 is 1.81 bits per heavy atom. The van der Waals surface area contributed by atoms with Crippen LogP contribution in [0.5, 0.6) is 0 Å². The first kappa shape index (κ1) is 34.0. The third kappa shape index (κ3) is 4.39. The van der Waals surface area contributed by atoms with Gasteiger partial charge in [-0.05, 0) is 147 Å². The molecule has 8 aromatic carbocycles. The molecule has 12 rings (SSSR count). The molecule has 0 saturated heterocycles. The molecule has 1 nitrogen and oxygen atoms in total. The van der Waals surface area contributed by atoms with E-state index in [-0.39, 0.29) is 10.2 Å².